The van der Waals surface area contributed by atoms with Crippen LogP contribution < -0.4 is 5.32 Å². The van der Waals surface area contributed by atoms with Crippen LogP contribution >= 0.6 is 11.8 Å². The van der Waals surface area contributed by atoms with E-state index in [1.54, 1.807) is 11.8 Å². The van der Waals surface area contributed by atoms with Gasteiger partial charge < -0.3 is 5.32 Å². The van der Waals surface area contributed by atoms with Gasteiger partial charge in [0.1, 0.15) is 6.33 Å². The van der Waals surface area contributed by atoms with Crippen LogP contribution in [0.4, 0.5) is 5.69 Å². The third-order valence-corrected chi connectivity index (χ3v) is 5.26. The molecule has 6 heteroatoms. The lowest BCUT2D eigenvalue weighted by atomic mass is 10.1. The quantitative estimate of drug-likeness (QED) is 0.686. The molecule has 126 valence electrons. The topological polar surface area (TPSA) is 70.7 Å². The van der Waals surface area contributed by atoms with Crippen LogP contribution in [0.2, 0.25) is 0 Å². The van der Waals surface area contributed by atoms with Crippen LogP contribution in [0.1, 0.15) is 33.5 Å². The second-order valence-electron chi connectivity index (χ2n) is 6.07. The third kappa shape index (κ3) is 3.74. The highest BCUT2D eigenvalue weighted by molar-refractivity contribution is 7.98. The van der Waals surface area contributed by atoms with Crippen LogP contribution in [-0.2, 0) is 18.6 Å². The van der Waals surface area contributed by atoms with Crippen molar-refractivity contribution < 1.29 is 4.79 Å². The molecular weight excluding hydrogens is 332 g/mol. The molecule has 2 aromatic carbocycles. The van der Waals surface area contributed by atoms with Crippen molar-refractivity contribution in [2.24, 2.45) is 0 Å². The van der Waals surface area contributed by atoms with Crippen LogP contribution in [0.25, 0.3) is 0 Å². The zero-order valence-electron chi connectivity index (χ0n) is 13.7. The Labute approximate surface area is 150 Å². The van der Waals surface area contributed by atoms with E-state index < -0.39 is 0 Å². The molecule has 0 saturated carbocycles. The maximum Gasteiger partial charge on any atom is 0.255 e. The van der Waals surface area contributed by atoms with E-state index in [0.717, 1.165) is 35.0 Å². The van der Waals surface area contributed by atoms with Crippen molar-refractivity contribution in [1.29, 1.82) is 0 Å². The number of carbonyl (C=O) groups is 1. The number of aromatic nitrogens is 3. The lowest BCUT2D eigenvalue weighted by molar-refractivity contribution is 0.102. The molecule has 4 rings (SSSR count). The average molecular weight is 350 g/mol. The first-order chi connectivity index (χ1) is 12.3. The third-order valence-electron chi connectivity index (χ3n) is 4.31. The van der Waals surface area contributed by atoms with Crippen molar-refractivity contribution in [1.82, 2.24) is 15.2 Å². The highest BCUT2D eigenvalue weighted by atomic mass is 32.2. The molecule has 1 aliphatic carbocycles. The van der Waals surface area contributed by atoms with Gasteiger partial charge in [0.15, 0.2) is 5.16 Å². The van der Waals surface area contributed by atoms with E-state index >= 15 is 0 Å². The van der Waals surface area contributed by atoms with E-state index in [1.165, 1.54) is 23.9 Å². The highest BCUT2D eigenvalue weighted by Crippen LogP contribution is 2.25. The van der Waals surface area contributed by atoms with Gasteiger partial charge in [0.05, 0.1) is 0 Å². The number of aromatic amines is 1. The van der Waals surface area contributed by atoms with Crippen LogP contribution in [0.5, 0.6) is 0 Å². The lowest BCUT2D eigenvalue weighted by Gasteiger charge is -2.08. The van der Waals surface area contributed by atoms with Crippen LogP contribution in [0.15, 0.2) is 53.9 Å². The normalized spacial score (nSPS) is 12.8. The van der Waals surface area contributed by atoms with Crippen molar-refractivity contribution in [2.45, 2.75) is 30.2 Å². The summed E-state index contributed by atoms with van der Waals surface area (Å²) in [4.78, 5) is 16.6. The molecule has 1 aliphatic rings. The minimum Gasteiger partial charge on any atom is -0.322 e. The van der Waals surface area contributed by atoms with Gasteiger partial charge in [0.25, 0.3) is 5.91 Å². The number of aryl methyl sites for hydroxylation is 2. The Bertz CT molecular complexity index is 892. The predicted molar refractivity (Wildman–Crippen MR) is 98.8 cm³/mol. The smallest absolute Gasteiger partial charge is 0.255 e. The predicted octanol–water partition coefficient (Wildman–Crippen LogP) is 3.84. The van der Waals surface area contributed by atoms with Crippen molar-refractivity contribution >= 4 is 23.4 Å². The van der Waals surface area contributed by atoms with E-state index in [2.05, 4.69) is 32.6 Å². The standard InChI is InChI=1S/C19H18N4OS/c24-18(22-17-8-7-14-4-2-5-15(14)10-17)16-6-1-3-13(9-16)11-25-19-20-12-21-23-19/h1,3,6-10,12H,2,4-5,11H2,(H,22,24)(H,20,21,23). The summed E-state index contributed by atoms with van der Waals surface area (Å²) in [6.07, 6.45) is 4.95. The largest absolute Gasteiger partial charge is 0.322 e. The maximum absolute atomic E-state index is 12.6. The van der Waals surface area contributed by atoms with Gasteiger partial charge >= 0.3 is 0 Å². The molecular formula is C19H18N4OS. The molecule has 0 unspecified atom stereocenters. The number of fused-ring (bicyclic) bond motifs is 1. The number of anilines is 1. The molecule has 25 heavy (non-hydrogen) atoms. The summed E-state index contributed by atoms with van der Waals surface area (Å²) in [5, 5.41) is 10.4. The number of H-pyrrole nitrogens is 1. The molecule has 0 atom stereocenters. The summed E-state index contributed by atoms with van der Waals surface area (Å²) in [7, 11) is 0. The van der Waals surface area contributed by atoms with E-state index in [-0.39, 0.29) is 5.91 Å². The van der Waals surface area contributed by atoms with Gasteiger partial charge in [-0.05, 0) is 60.2 Å². The zero-order chi connectivity index (χ0) is 17.1. The number of hydrogen-bond donors (Lipinski definition) is 2. The molecule has 3 aromatic rings. The van der Waals surface area contributed by atoms with Gasteiger partial charge in [-0.15, -0.1) is 0 Å². The summed E-state index contributed by atoms with van der Waals surface area (Å²) in [5.74, 6) is 0.652. The molecule has 0 bridgehead atoms. The molecule has 0 fully saturated rings. The molecule has 1 heterocycles. The fourth-order valence-electron chi connectivity index (χ4n) is 3.07. The Morgan fingerprint density at radius 2 is 2.08 bits per heavy atom. The van der Waals surface area contributed by atoms with E-state index in [0.29, 0.717) is 5.56 Å². The second-order valence-corrected chi connectivity index (χ2v) is 7.03. The van der Waals surface area contributed by atoms with Crippen molar-refractivity contribution in [3.63, 3.8) is 0 Å². The van der Waals surface area contributed by atoms with Gasteiger partial charge in [0, 0.05) is 17.0 Å². The van der Waals surface area contributed by atoms with Crippen LogP contribution in [-0.4, -0.2) is 21.1 Å². The van der Waals surface area contributed by atoms with Gasteiger partial charge in [0.2, 0.25) is 0 Å². The monoisotopic (exact) mass is 350 g/mol. The van der Waals surface area contributed by atoms with Gasteiger partial charge in [-0.2, -0.15) is 5.10 Å². The maximum atomic E-state index is 12.6. The zero-order valence-corrected chi connectivity index (χ0v) is 14.5. The second kappa shape index (κ2) is 7.11. The number of hydrogen-bond acceptors (Lipinski definition) is 4. The summed E-state index contributed by atoms with van der Waals surface area (Å²) in [6.45, 7) is 0. The van der Waals surface area contributed by atoms with Crippen LogP contribution in [0.3, 0.4) is 0 Å². The Morgan fingerprint density at radius 1 is 1.16 bits per heavy atom. The Balaban J connectivity index is 1.44. The number of benzene rings is 2. The number of nitrogens with zero attached hydrogens (tertiary/aromatic N) is 2. The molecule has 2 N–H and O–H groups in total. The summed E-state index contributed by atoms with van der Waals surface area (Å²) in [5.41, 5.74) is 5.37. The SMILES string of the molecule is O=C(Nc1ccc2c(c1)CCC2)c1cccc(CSc2ncn[nH]2)c1. The Kier molecular flexibility index (Phi) is 4.52. The molecule has 0 radical (unpaired) electrons. The van der Waals surface area contributed by atoms with E-state index in [1.807, 2.05) is 30.3 Å². The first-order valence-corrected chi connectivity index (χ1v) is 9.27. The Morgan fingerprint density at radius 3 is 2.96 bits per heavy atom. The van der Waals surface area contributed by atoms with Crippen molar-refractivity contribution in [2.75, 3.05) is 5.32 Å². The molecule has 5 nitrogen and oxygen atoms in total. The summed E-state index contributed by atoms with van der Waals surface area (Å²) < 4.78 is 0. The highest BCUT2D eigenvalue weighted by Gasteiger charge is 2.13. The summed E-state index contributed by atoms with van der Waals surface area (Å²) in [6, 6.07) is 13.9. The number of nitrogens with one attached hydrogen (secondary N) is 2. The summed E-state index contributed by atoms with van der Waals surface area (Å²) >= 11 is 1.56. The van der Waals surface area contributed by atoms with Crippen molar-refractivity contribution in [3.05, 3.63) is 71.0 Å². The average Bonchev–Trinajstić information content (AvgIpc) is 3.31. The first kappa shape index (κ1) is 15.9. The van der Waals surface area contributed by atoms with E-state index in [9.17, 15) is 4.79 Å². The van der Waals surface area contributed by atoms with Gasteiger partial charge in [-0.3, -0.25) is 9.89 Å². The van der Waals surface area contributed by atoms with Crippen LogP contribution in [0, 0.1) is 0 Å². The molecule has 1 amide bonds. The number of carbonyl (C=O) groups excluding carboxylic acids is 1. The Hall–Kier alpha value is -2.60. The first-order valence-electron chi connectivity index (χ1n) is 8.28. The van der Waals surface area contributed by atoms with Gasteiger partial charge in [-0.1, -0.05) is 30.0 Å². The van der Waals surface area contributed by atoms with Gasteiger partial charge in [-0.25, -0.2) is 4.98 Å². The molecule has 0 spiro atoms. The molecule has 1 aromatic heterocycles. The lowest BCUT2D eigenvalue weighted by Crippen LogP contribution is -2.12. The number of thioether (sulfide) groups is 1. The minimum atomic E-state index is -0.0792. The fourth-order valence-corrected chi connectivity index (χ4v) is 3.79. The molecule has 0 saturated heterocycles. The number of amides is 1. The minimum absolute atomic E-state index is 0.0792. The fraction of sp³-hybridized carbons (Fsp3) is 0.211. The van der Waals surface area contributed by atoms with E-state index in [4.69, 9.17) is 0 Å². The molecule has 0 aliphatic heterocycles. The number of rotatable bonds is 5. The van der Waals surface area contributed by atoms with Crippen molar-refractivity contribution in [3.8, 4) is 0 Å².